The zero-order valence-corrected chi connectivity index (χ0v) is 15.7. The molecule has 24 heavy (non-hydrogen) atoms. The molecule has 0 saturated heterocycles. The molecule has 1 aliphatic rings. The van der Waals surface area contributed by atoms with Gasteiger partial charge in [0.15, 0.2) is 4.34 Å². The molecule has 1 aliphatic carbocycles. The van der Waals surface area contributed by atoms with E-state index in [9.17, 15) is 4.79 Å². The minimum Gasteiger partial charge on any atom is -0.316 e. The summed E-state index contributed by atoms with van der Waals surface area (Å²) in [5, 5.41) is 4.03. The van der Waals surface area contributed by atoms with Crippen LogP contribution in [-0.2, 0) is 4.79 Å². The van der Waals surface area contributed by atoms with Crippen LogP contribution in [0.4, 0.5) is 5.00 Å². The van der Waals surface area contributed by atoms with Crippen molar-refractivity contribution >= 4 is 34.0 Å². The van der Waals surface area contributed by atoms with E-state index >= 15 is 0 Å². The molecule has 0 aliphatic heterocycles. The van der Waals surface area contributed by atoms with Crippen molar-refractivity contribution in [1.82, 2.24) is 4.98 Å². The maximum atomic E-state index is 12.5. The molecule has 128 valence electrons. The highest BCUT2D eigenvalue weighted by Crippen LogP contribution is 2.38. The lowest BCUT2D eigenvalue weighted by Crippen LogP contribution is -2.18. The predicted octanol–water partition coefficient (Wildman–Crippen LogP) is 5.83. The van der Waals surface area contributed by atoms with Gasteiger partial charge in [0, 0.05) is 12.0 Å². The molecule has 1 amide bonds. The zero-order valence-electron chi connectivity index (χ0n) is 14.1. The summed E-state index contributed by atoms with van der Waals surface area (Å²) in [7, 11) is 0. The van der Waals surface area contributed by atoms with Crippen molar-refractivity contribution in [3.05, 3.63) is 30.3 Å². The third-order valence-electron chi connectivity index (χ3n) is 4.37. The third-order valence-corrected chi connectivity index (χ3v) is 6.37. The average Bonchev–Trinajstić information content (AvgIpc) is 2.99. The van der Waals surface area contributed by atoms with E-state index < -0.39 is 0 Å². The van der Waals surface area contributed by atoms with Crippen molar-refractivity contribution in [2.75, 3.05) is 11.1 Å². The predicted molar refractivity (Wildman–Crippen MR) is 104 cm³/mol. The van der Waals surface area contributed by atoms with E-state index in [2.05, 4.69) is 12.2 Å². The van der Waals surface area contributed by atoms with Crippen LogP contribution in [0.2, 0.25) is 0 Å². The molecule has 1 heterocycles. The fraction of sp³-hybridized carbons (Fsp3) is 0.474. The van der Waals surface area contributed by atoms with Gasteiger partial charge in [-0.15, -0.1) is 0 Å². The number of aromatic nitrogens is 1. The molecule has 1 N–H and O–H groups in total. The Bertz CT molecular complexity index is 663. The van der Waals surface area contributed by atoms with Gasteiger partial charge in [0.2, 0.25) is 5.91 Å². The topological polar surface area (TPSA) is 42.0 Å². The molecule has 0 bridgehead atoms. The fourth-order valence-electron chi connectivity index (χ4n) is 3.19. The largest absolute Gasteiger partial charge is 0.316 e. The Kier molecular flexibility index (Phi) is 6.32. The molecule has 0 radical (unpaired) electrons. The Morgan fingerprint density at radius 2 is 2.00 bits per heavy atom. The summed E-state index contributed by atoms with van der Waals surface area (Å²) in [4.78, 5) is 17.2. The molecule has 3 rings (SSSR count). The van der Waals surface area contributed by atoms with Gasteiger partial charge in [-0.25, -0.2) is 4.98 Å². The lowest BCUT2D eigenvalue weighted by atomic mass is 9.87. The van der Waals surface area contributed by atoms with Crippen molar-refractivity contribution in [2.24, 2.45) is 5.92 Å². The lowest BCUT2D eigenvalue weighted by Gasteiger charge is -2.20. The van der Waals surface area contributed by atoms with Crippen molar-refractivity contribution in [2.45, 2.75) is 49.8 Å². The number of carbonyl (C=O) groups is 1. The van der Waals surface area contributed by atoms with E-state index in [0.717, 1.165) is 26.4 Å². The molecule has 0 unspecified atom stereocenters. The first-order valence-corrected chi connectivity index (χ1v) is 10.6. The summed E-state index contributed by atoms with van der Waals surface area (Å²) in [5.74, 6) is 1.67. The van der Waals surface area contributed by atoms with Crippen LogP contribution in [0, 0.1) is 5.92 Å². The first-order valence-electron chi connectivity index (χ1n) is 8.75. The van der Waals surface area contributed by atoms with Crippen LogP contribution in [-0.4, -0.2) is 16.6 Å². The fourth-order valence-corrected chi connectivity index (χ4v) is 5.17. The molecule has 2 aromatic rings. The quantitative estimate of drug-likeness (QED) is 0.659. The standard InChI is InChI=1S/C19H24N2OS2/c1-2-23-19-21-17(15-11-7-4-8-12-15)18(24-19)20-16(22)13-14-9-5-3-6-10-14/h4,7-8,11-12,14H,2-3,5-6,9-10,13H2,1H3,(H,20,22). The first-order chi connectivity index (χ1) is 11.8. The van der Waals surface area contributed by atoms with Gasteiger partial charge in [0.05, 0.1) is 0 Å². The van der Waals surface area contributed by atoms with Crippen LogP contribution in [0.15, 0.2) is 34.7 Å². The Labute approximate surface area is 152 Å². The SMILES string of the molecule is CCSc1nc(-c2ccccc2)c(NC(=O)CC2CCCCC2)s1. The number of thioether (sulfide) groups is 1. The number of nitrogens with zero attached hydrogens (tertiary/aromatic N) is 1. The smallest absolute Gasteiger partial charge is 0.225 e. The van der Waals surface area contributed by atoms with Gasteiger partial charge < -0.3 is 5.32 Å². The second-order valence-electron chi connectivity index (χ2n) is 6.21. The summed E-state index contributed by atoms with van der Waals surface area (Å²) in [5.41, 5.74) is 1.96. The van der Waals surface area contributed by atoms with Gasteiger partial charge in [-0.2, -0.15) is 0 Å². The molecular weight excluding hydrogens is 336 g/mol. The van der Waals surface area contributed by atoms with Crippen LogP contribution in [0.3, 0.4) is 0 Å². The normalized spacial score (nSPS) is 15.4. The molecule has 1 fully saturated rings. The van der Waals surface area contributed by atoms with Gasteiger partial charge in [-0.3, -0.25) is 4.79 Å². The second kappa shape index (κ2) is 8.67. The summed E-state index contributed by atoms with van der Waals surface area (Å²) >= 11 is 3.31. The monoisotopic (exact) mass is 360 g/mol. The molecule has 5 heteroatoms. The van der Waals surface area contributed by atoms with Gasteiger partial charge >= 0.3 is 0 Å². The minimum absolute atomic E-state index is 0.135. The van der Waals surface area contributed by atoms with Crippen LogP contribution in [0.25, 0.3) is 11.3 Å². The number of anilines is 1. The van der Waals surface area contributed by atoms with E-state index in [0.29, 0.717) is 12.3 Å². The number of hydrogen-bond donors (Lipinski definition) is 1. The van der Waals surface area contributed by atoms with Gasteiger partial charge in [-0.05, 0) is 24.5 Å². The molecule has 0 atom stereocenters. The van der Waals surface area contributed by atoms with Gasteiger partial charge in [0.1, 0.15) is 10.7 Å². The van der Waals surface area contributed by atoms with Crippen molar-refractivity contribution in [3.8, 4) is 11.3 Å². The number of amides is 1. The highest BCUT2D eigenvalue weighted by atomic mass is 32.2. The van der Waals surface area contributed by atoms with Crippen molar-refractivity contribution in [3.63, 3.8) is 0 Å². The Hall–Kier alpha value is -1.33. The van der Waals surface area contributed by atoms with E-state index in [1.807, 2.05) is 30.3 Å². The summed E-state index contributed by atoms with van der Waals surface area (Å²) in [6.07, 6.45) is 6.89. The van der Waals surface area contributed by atoms with E-state index in [-0.39, 0.29) is 5.91 Å². The summed E-state index contributed by atoms with van der Waals surface area (Å²) in [6, 6.07) is 10.1. The molecule has 1 aromatic heterocycles. The first kappa shape index (κ1) is 17.5. The lowest BCUT2D eigenvalue weighted by molar-refractivity contribution is -0.117. The number of nitrogens with one attached hydrogen (secondary N) is 1. The number of rotatable bonds is 6. The Morgan fingerprint density at radius 3 is 2.71 bits per heavy atom. The number of carbonyl (C=O) groups excluding carboxylic acids is 1. The van der Waals surface area contributed by atoms with Gasteiger partial charge in [0.25, 0.3) is 0 Å². The van der Waals surface area contributed by atoms with Crippen LogP contribution in [0.1, 0.15) is 45.4 Å². The Balaban J connectivity index is 1.74. The minimum atomic E-state index is 0.135. The Morgan fingerprint density at radius 1 is 1.25 bits per heavy atom. The van der Waals surface area contributed by atoms with E-state index in [1.54, 1.807) is 23.1 Å². The zero-order chi connectivity index (χ0) is 16.8. The van der Waals surface area contributed by atoms with Crippen molar-refractivity contribution < 1.29 is 4.79 Å². The summed E-state index contributed by atoms with van der Waals surface area (Å²) in [6.45, 7) is 2.12. The maximum absolute atomic E-state index is 12.5. The number of hydrogen-bond acceptors (Lipinski definition) is 4. The highest BCUT2D eigenvalue weighted by molar-refractivity contribution is 8.01. The second-order valence-corrected chi connectivity index (χ2v) is 8.72. The van der Waals surface area contributed by atoms with Gasteiger partial charge in [-0.1, -0.05) is 79.6 Å². The van der Waals surface area contributed by atoms with E-state index in [1.165, 1.54) is 32.1 Å². The average molecular weight is 361 g/mol. The maximum Gasteiger partial charge on any atom is 0.225 e. The molecule has 0 spiro atoms. The van der Waals surface area contributed by atoms with E-state index in [4.69, 9.17) is 4.98 Å². The molecular formula is C19H24N2OS2. The molecule has 1 saturated carbocycles. The number of thiazole rings is 1. The van der Waals surface area contributed by atoms with Crippen LogP contribution in [0.5, 0.6) is 0 Å². The molecule has 1 aromatic carbocycles. The third kappa shape index (κ3) is 4.61. The van der Waals surface area contributed by atoms with Crippen LogP contribution < -0.4 is 5.32 Å². The summed E-state index contributed by atoms with van der Waals surface area (Å²) < 4.78 is 1.02. The number of benzene rings is 1. The van der Waals surface area contributed by atoms with Crippen molar-refractivity contribution in [1.29, 1.82) is 0 Å². The van der Waals surface area contributed by atoms with Crippen LogP contribution >= 0.6 is 23.1 Å². The highest BCUT2D eigenvalue weighted by Gasteiger charge is 2.20. The molecule has 3 nitrogen and oxygen atoms in total.